The fourth-order valence-electron chi connectivity index (χ4n) is 3.69. The number of aryl methyl sites for hydroxylation is 4. The van der Waals surface area contributed by atoms with E-state index in [-0.39, 0.29) is 0 Å². The molecule has 1 aliphatic carbocycles. The molecule has 0 saturated carbocycles. The molecule has 0 bridgehead atoms. The maximum absolute atomic E-state index is 2.50. The lowest BCUT2D eigenvalue weighted by molar-refractivity contribution is 0.686. The molecule has 0 unspecified atom stereocenters. The minimum Gasteiger partial charge on any atom is -0.0587 e. The second-order valence-corrected chi connectivity index (χ2v) is 9.39. The van der Waals surface area contributed by atoms with Crippen molar-refractivity contribution in [2.75, 3.05) is 0 Å². The van der Waals surface area contributed by atoms with Crippen LogP contribution in [0.5, 0.6) is 0 Å². The summed E-state index contributed by atoms with van der Waals surface area (Å²) in [4.78, 5) is 0. The van der Waals surface area contributed by atoms with Crippen LogP contribution in [0.2, 0.25) is 0 Å². The first-order chi connectivity index (χ1) is 12.2. The molecule has 3 aromatic carbocycles. The third-order valence-electron chi connectivity index (χ3n) is 5.17. The van der Waals surface area contributed by atoms with Crippen molar-refractivity contribution >= 4 is 23.8 Å². The second-order valence-electron chi connectivity index (χ2n) is 7.17. The van der Waals surface area contributed by atoms with Gasteiger partial charge in [0.25, 0.3) is 0 Å². The van der Waals surface area contributed by atoms with Crippen LogP contribution in [0.15, 0.2) is 66.7 Å². The van der Waals surface area contributed by atoms with Crippen LogP contribution in [0.3, 0.4) is 0 Å². The van der Waals surface area contributed by atoms with Crippen LogP contribution in [0, 0.1) is 13.8 Å². The van der Waals surface area contributed by atoms with Gasteiger partial charge < -0.3 is 0 Å². The largest absolute Gasteiger partial charge is 0.0587 e. The minimum absolute atomic E-state index is 0.486. The van der Waals surface area contributed by atoms with Crippen molar-refractivity contribution in [1.82, 2.24) is 0 Å². The lowest BCUT2D eigenvalue weighted by Crippen LogP contribution is -2.22. The summed E-state index contributed by atoms with van der Waals surface area (Å²) in [7, 11) is -0.486. The highest BCUT2D eigenvalue weighted by Gasteiger charge is 2.18. The van der Waals surface area contributed by atoms with Crippen molar-refractivity contribution in [2.45, 2.75) is 39.5 Å². The van der Waals surface area contributed by atoms with Gasteiger partial charge in [-0.05, 0) is 74.5 Å². The van der Waals surface area contributed by atoms with Crippen molar-refractivity contribution in [1.29, 1.82) is 0 Å². The number of hydrogen-bond acceptors (Lipinski definition) is 0. The summed E-state index contributed by atoms with van der Waals surface area (Å²) in [6, 6.07) is 25.5. The zero-order valence-electron chi connectivity index (χ0n) is 15.1. The van der Waals surface area contributed by atoms with Crippen molar-refractivity contribution in [2.24, 2.45) is 0 Å². The summed E-state index contributed by atoms with van der Waals surface area (Å²) < 4.78 is 0. The van der Waals surface area contributed by atoms with Gasteiger partial charge in [-0.15, -0.1) is 0 Å². The van der Waals surface area contributed by atoms with Crippen molar-refractivity contribution in [3.63, 3.8) is 0 Å². The molecule has 126 valence electrons. The standard InChI is InChI=1S/C24H25P/c1-18-7-12-22(13-8-18)25(23-14-9-19(2)10-15-23)24-16-11-20-5-3-4-6-21(20)17-24/h7-17H,3-6H2,1-2H3. The van der Waals surface area contributed by atoms with E-state index in [2.05, 4.69) is 80.6 Å². The van der Waals surface area contributed by atoms with Crippen LogP contribution >= 0.6 is 7.92 Å². The lowest BCUT2D eigenvalue weighted by Gasteiger charge is -2.23. The third kappa shape index (κ3) is 3.55. The molecule has 0 amide bonds. The van der Waals surface area contributed by atoms with E-state index in [0.29, 0.717) is 0 Å². The van der Waals surface area contributed by atoms with E-state index in [1.165, 1.54) is 52.7 Å². The zero-order chi connectivity index (χ0) is 17.2. The normalized spacial score (nSPS) is 13.7. The Labute approximate surface area is 152 Å². The molecule has 0 nitrogen and oxygen atoms in total. The Kier molecular flexibility index (Phi) is 4.73. The molecule has 3 aromatic rings. The molecule has 0 N–H and O–H groups in total. The maximum Gasteiger partial charge on any atom is -0.0134 e. The molecule has 25 heavy (non-hydrogen) atoms. The van der Waals surface area contributed by atoms with E-state index < -0.39 is 7.92 Å². The SMILES string of the molecule is Cc1ccc(P(c2ccc(C)cc2)c2ccc3c(c2)CCCC3)cc1. The average molecular weight is 344 g/mol. The van der Waals surface area contributed by atoms with Gasteiger partial charge in [0, 0.05) is 0 Å². The highest BCUT2D eigenvalue weighted by Crippen LogP contribution is 2.34. The summed E-state index contributed by atoms with van der Waals surface area (Å²) in [6.45, 7) is 4.33. The van der Waals surface area contributed by atoms with E-state index in [1.807, 2.05) is 0 Å². The Hall–Kier alpha value is -1.91. The summed E-state index contributed by atoms with van der Waals surface area (Å²) in [6.07, 6.45) is 5.18. The van der Waals surface area contributed by atoms with Crippen LogP contribution in [-0.4, -0.2) is 0 Å². The van der Waals surface area contributed by atoms with Crippen molar-refractivity contribution in [3.8, 4) is 0 Å². The van der Waals surface area contributed by atoms with Crippen LogP contribution in [-0.2, 0) is 12.8 Å². The fraction of sp³-hybridized carbons (Fsp3) is 0.250. The first kappa shape index (κ1) is 16.6. The Morgan fingerprint density at radius 3 is 1.60 bits per heavy atom. The summed E-state index contributed by atoms with van der Waals surface area (Å²) in [5.41, 5.74) is 5.80. The van der Waals surface area contributed by atoms with E-state index in [9.17, 15) is 0 Å². The Morgan fingerprint density at radius 2 is 1.04 bits per heavy atom. The molecule has 0 aliphatic heterocycles. The quantitative estimate of drug-likeness (QED) is 0.590. The number of fused-ring (bicyclic) bond motifs is 1. The molecule has 0 radical (unpaired) electrons. The smallest absolute Gasteiger partial charge is 0.0134 e. The number of hydrogen-bond donors (Lipinski definition) is 0. The van der Waals surface area contributed by atoms with E-state index in [1.54, 1.807) is 11.1 Å². The van der Waals surface area contributed by atoms with Crippen molar-refractivity contribution < 1.29 is 0 Å². The Morgan fingerprint density at radius 1 is 0.560 bits per heavy atom. The molecule has 0 atom stereocenters. The predicted octanol–water partition coefficient (Wildman–Crippen LogP) is 4.94. The Bertz CT molecular complexity index is 814. The molecule has 0 heterocycles. The Balaban J connectivity index is 1.82. The van der Waals surface area contributed by atoms with Gasteiger partial charge in [-0.3, -0.25) is 0 Å². The van der Waals surface area contributed by atoms with E-state index >= 15 is 0 Å². The van der Waals surface area contributed by atoms with Crippen LogP contribution in [0.1, 0.15) is 35.1 Å². The molecular formula is C24H25P. The van der Waals surface area contributed by atoms with E-state index in [4.69, 9.17) is 0 Å². The van der Waals surface area contributed by atoms with Gasteiger partial charge in [0.15, 0.2) is 0 Å². The van der Waals surface area contributed by atoms with Gasteiger partial charge in [-0.25, -0.2) is 0 Å². The molecule has 0 aromatic heterocycles. The zero-order valence-corrected chi connectivity index (χ0v) is 16.0. The van der Waals surface area contributed by atoms with Crippen LogP contribution in [0.25, 0.3) is 0 Å². The molecule has 0 fully saturated rings. The second kappa shape index (κ2) is 7.14. The van der Waals surface area contributed by atoms with Gasteiger partial charge in [-0.1, -0.05) is 77.9 Å². The van der Waals surface area contributed by atoms with Gasteiger partial charge in [0.1, 0.15) is 0 Å². The monoisotopic (exact) mass is 344 g/mol. The number of benzene rings is 3. The predicted molar refractivity (Wildman–Crippen MR) is 111 cm³/mol. The molecule has 0 saturated heterocycles. The van der Waals surface area contributed by atoms with Crippen LogP contribution < -0.4 is 15.9 Å². The van der Waals surface area contributed by atoms with Gasteiger partial charge in [0.05, 0.1) is 0 Å². The van der Waals surface area contributed by atoms with E-state index in [0.717, 1.165) is 0 Å². The first-order valence-electron chi connectivity index (χ1n) is 9.26. The lowest BCUT2D eigenvalue weighted by atomic mass is 9.92. The highest BCUT2D eigenvalue weighted by molar-refractivity contribution is 7.79. The van der Waals surface area contributed by atoms with Crippen molar-refractivity contribution in [3.05, 3.63) is 89.0 Å². The average Bonchev–Trinajstić information content (AvgIpc) is 2.65. The molecule has 0 spiro atoms. The van der Waals surface area contributed by atoms with Crippen LogP contribution in [0.4, 0.5) is 0 Å². The molecule has 1 aliphatic rings. The third-order valence-corrected chi connectivity index (χ3v) is 7.60. The van der Waals surface area contributed by atoms with Gasteiger partial charge >= 0.3 is 0 Å². The summed E-state index contributed by atoms with van der Waals surface area (Å²) >= 11 is 0. The number of rotatable bonds is 3. The minimum atomic E-state index is -0.486. The summed E-state index contributed by atoms with van der Waals surface area (Å²) in [5, 5.41) is 4.38. The molecule has 4 rings (SSSR count). The molecule has 1 heteroatoms. The fourth-order valence-corrected chi connectivity index (χ4v) is 5.99. The summed E-state index contributed by atoms with van der Waals surface area (Å²) in [5.74, 6) is 0. The van der Waals surface area contributed by atoms with Gasteiger partial charge in [0.2, 0.25) is 0 Å². The maximum atomic E-state index is 2.50. The highest BCUT2D eigenvalue weighted by atomic mass is 31.1. The molecular weight excluding hydrogens is 319 g/mol. The topological polar surface area (TPSA) is 0 Å². The first-order valence-corrected chi connectivity index (χ1v) is 10.6. The van der Waals surface area contributed by atoms with Gasteiger partial charge in [-0.2, -0.15) is 0 Å².